The van der Waals surface area contributed by atoms with Crippen LogP contribution < -0.4 is 10.6 Å². The Bertz CT molecular complexity index is 598. The number of halogens is 1. The van der Waals surface area contributed by atoms with E-state index in [1.807, 2.05) is 68.4 Å². The lowest BCUT2D eigenvalue weighted by molar-refractivity contribution is -0.121. The van der Waals surface area contributed by atoms with Crippen LogP contribution in [0, 0.1) is 0 Å². The highest BCUT2D eigenvalue weighted by Gasteiger charge is 2.11. The summed E-state index contributed by atoms with van der Waals surface area (Å²) in [6.07, 6.45) is 0. The third-order valence-electron chi connectivity index (χ3n) is 3.62. The average Bonchev–Trinajstić information content (AvgIpc) is 2.54. The number of benzene rings is 2. The molecule has 0 heterocycles. The van der Waals surface area contributed by atoms with Crippen molar-refractivity contribution in [2.75, 3.05) is 6.54 Å². The lowest BCUT2D eigenvalue weighted by atomic mass is 10.1. The summed E-state index contributed by atoms with van der Waals surface area (Å²) in [5.74, 6) is -0.0165. The Morgan fingerprint density at radius 1 is 0.955 bits per heavy atom. The van der Waals surface area contributed by atoms with Gasteiger partial charge in [-0.2, -0.15) is 0 Å². The first kappa shape index (κ1) is 16.5. The van der Waals surface area contributed by atoms with E-state index in [0.29, 0.717) is 5.02 Å². The van der Waals surface area contributed by atoms with Crippen LogP contribution in [0.4, 0.5) is 0 Å². The molecule has 0 aliphatic rings. The highest BCUT2D eigenvalue weighted by atomic mass is 35.5. The Labute approximate surface area is 136 Å². The van der Waals surface area contributed by atoms with Gasteiger partial charge in [-0.25, -0.2) is 0 Å². The fourth-order valence-corrected chi connectivity index (χ4v) is 2.36. The number of carbonyl (C=O) groups is 1. The van der Waals surface area contributed by atoms with Gasteiger partial charge in [-0.05, 0) is 37.1 Å². The molecule has 0 saturated carbocycles. The van der Waals surface area contributed by atoms with Gasteiger partial charge in [0.15, 0.2) is 0 Å². The van der Waals surface area contributed by atoms with Gasteiger partial charge in [-0.15, -0.1) is 0 Å². The van der Waals surface area contributed by atoms with Gasteiger partial charge in [0, 0.05) is 11.1 Å². The molecule has 0 aliphatic heterocycles. The molecule has 0 bridgehead atoms. The summed E-state index contributed by atoms with van der Waals surface area (Å²) in [7, 11) is 0. The number of nitrogens with one attached hydrogen (secondary N) is 2. The molecule has 1 amide bonds. The Kier molecular flexibility index (Phi) is 5.99. The van der Waals surface area contributed by atoms with Crippen LogP contribution in [0.1, 0.15) is 37.1 Å². The van der Waals surface area contributed by atoms with Crippen LogP contribution in [-0.2, 0) is 4.79 Å². The summed E-state index contributed by atoms with van der Waals surface area (Å²) >= 11 is 5.87. The van der Waals surface area contributed by atoms with Crippen LogP contribution in [0.15, 0.2) is 54.6 Å². The third kappa shape index (κ3) is 4.86. The zero-order valence-electron chi connectivity index (χ0n) is 12.8. The first-order valence-electron chi connectivity index (χ1n) is 7.39. The topological polar surface area (TPSA) is 41.1 Å². The van der Waals surface area contributed by atoms with Gasteiger partial charge in [-0.1, -0.05) is 54.1 Å². The molecule has 0 fully saturated rings. The van der Waals surface area contributed by atoms with E-state index in [4.69, 9.17) is 11.6 Å². The number of hydrogen-bond donors (Lipinski definition) is 2. The number of hydrogen-bond acceptors (Lipinski definition) is 2. The molecule has 0 aromatic heterocycles. The monoisotopic (exact) mass is 316 g/mol. The van der Waals surface area contributed by atoms with Crippen LogP contribution in [0.3, 0.4) is 0 Å². The number of rotatable bonds is 6. The van der Waals surface area contributed by atoms with Gasteiger partial charge in [0.05, 0.1) is 12.6 Å². The first-order valence-corrected chi connectivity index (χ1v) is 7.77. The van der Waals surface area contributed by atoms with Crippen molar-refractivity contribution in [2.45, 2.75) is 25.9 Å². The third-order valence-corrected chi connectivity index (χ3v) is 3.87. The maximum atomic E-state index is 12.0. The van der Waals surface area contributed by atoms with Crippen molar-refractivity contribution in [3.8, 4) is 0 Å². The van der Waals surface area contributed by atoms with Crippen molar-refractivity contribution in [1.29, 1.82) is 0 Å². The molecule has 4 heteroatoms. The van der Waals surface area contributed by atoms with Gasteiger partial charge < -0.3 is 10.6 Å². The van der Waals surface area contributed by atoms with Gasteiger partial charge in [-0.3, -0.25) is 4.79 Å². The summed E-state index contributed by atoms with van der Waals surface area (Å²) in [4.78, 5) is 12.0. The zero-order chi connectivity index (χ0) is 15.9. The SMILES string of the molecule is C[C@H](NC(=O)CN[C@H](C)c1ccc(Cl)cc1)c1ccccc1. The van der Waals surface area contributed by atoms with E-state index in [9.17, 15) is 4.79 Å². The van der Waals surface area contributed by atoms with Gasteiger partial charge in [0.1, 0.15) is 0 Å². The van der Waals surface area contributed by atoms with Crippen molar-refractivity contribution < 1.29 is 4.79 Å². The summed E-state index contributed by atoms with van der Waals surface area (Å²) < 4.78 is 0. The fraction of sp³-hybridized carbons (Fsp3) is 0.278. The normalized spacial score (nSPS) is 13.4. The predicted molar refractivity (Wildman–Crippen MR) is 90.9 cm³/mol. The van der Waals surface area contributed by atoms with Crippen LogP contribution >= 0.6 is 11.6 Å². The molecular weight excluding hydrogens is 296 g/mol. The van der Waals surface area contributed by atoms with Gasteiger partial charge >= 0.3 is 0 Å². The van der Waals surface area contributed by atoms with E-state index in [1.54, 1.807) is 0 Å². The Hall–Kier alpha value is -1.84. The maximum Gasteiger partial charge on any atom is 0.234 e. The lowest BCUT2D eigenvalue weighted by Crippen LogP contribution is -2.36. The smallest absolute Gasteiger partial charge is 0.234 e. The number of carbonyl (C=O) groups excluding carboxylic acids is 1. The molecule has 2 aromatic carbocycles. The van der Waals surface area contributed by atoms with E-state index in [1.165, 1.54) is 0 Å². The fourth-order valence-electron chi connectivity index (χ4n) is 2.23. The summed E-state index contributed by atoms with van der Waals surface area (Å²) in [5.41, 5.74) is 2.20. The molecule has 0 aliphatic carbocycles. The molecule has 0 unspecified atom stereocenters. The molecule has 2 atom stereocenters. The van der Waals surface area contributed by atoms with Crippen LogP contribution in [-0.4, -0.2) is 12.5 Å². The van der Waals surface area contributed by atoms with Crippen LogP contribution in [0.5, 0.6) is 0 Å². The predicted octanol–water partition coefficient (Wildman–Crippen LogP) is 3.87. The standard InChI is InChI=1S/C18H21ClN2O/c1-13(16-8-10-17(19)11-9-16)20-12-18(22)21-14(2)15-6-4-3-5-7-15/h3-11,13-14,20H,12H2,1-2H3,(H,21,22)/t13-,14+/m1/s1. The van der Waals surface area contributed by atoms with Crippen molar-refractivity contribution in [3.05, 3.63) is 70.7 Å². The molecule has 2 rings (SSSR count). The van der Waals surface area contributed by atoms with Crippen molar-refractivity contribution >= 4 is 17.5 Å². The van der Waals surface area contributed by atoms with Crippen molar-refractivity contribution in [1.82, 2.24) is 10.6 Å². The Balaban J connectivity index is 1.81. The largest absolute Gasteiger partial charge is 0.348 e. The average molecular weight is 317 g/mol. The summed E-state index contributed by atoms with van der Waals surface area (Å²) in [6.45, 7) is 4.29. The van der Waals surface area contributed by atoms with Gasteiger partial charge in [0.2, 0.25) is 5.91 Å². The Morgan fingerprint density at radius 3 is 2.18 bits per heavy atom. The summed E-state index contributed by atoms with van der Waals surface area (Å²) in [5, 5.41) is 6.92. The molecule has 2 aromatic rings. The molecular formula is C18H21ClN2O. The second-order valence-electron chi connectivity index (χ2n) is 5.35. The molecule has 116 valence electrons. The maximum absolute atomic E-state index is 12.0. The summed E-state index contributed by atoms with van der Waals surface area (Å²) in [6, 6.07) is 17.7. The highest BCUT2D eigenvalue weighted by molar-refractivity contribution is 6.30. The van der Waals surface area contributed by atoms with E-state index in [0.717, 1.165) is 11.1 Å². The molecule has 2 N–H and O–H groups in total. The van der Waals surface area contributed by atoms with E-state index in [2.05, 4.69) is 10.6 Å². The highest BCUT2D eigenvalue weighted by Crippen LogP contribution is 2.16. The molecule has 0 saturated heterocycles. The van der Waals surface area contributed by atoms with Crippen LogP contribution in [0.25, 0.3) is 0 Å². The first-order chi connectivity index (χ1) is 10.6. The number of amides is 1. The van der Waals surface area contributed by atoms with E-state index in [-0.39, 0.29) is 24.5 Å². The van der Waals surface area contributed by atoms with Crippen LogP contribution in [0.2, 0.25) is 5.02 Å². The lowest BCUT2D eigenvalue weighted by Gasteiger charge is -2.17. The zero-order valence-corrected chi connectivity index (χ0v) is 13.6. The molecule has 0 spiro atoms. The second-order valence-corrected chi connectivity index (χ2v) is 5.79. The van der Waals surface area contributed by atoms with Crippen molar-refractivity contribution in [2.24, 2.45) is 0 Å². The van der Waals surface area contributed by atoms with Gasteiger partial charge in [0.25, 0.3) is 0 Å². The quantitative estimate of drug-likeness (QED) is 0.849. The minimum atomic E-state index is -0.0165. The van der Waals surface area contributed by atoms with E-state index >= 15 is 0 Å². The molecule has 22 heavy (non-hydrogen) atoms. The minimum Gasteiger partial charge on any atom is -0.348 e. The second kappa shape index (κ2) is 7.97. The molecule has 3 nitrogen and oxygen atoms in total. The van der Waals surface area contributed by atoms with Crippen molar-refractivity contribution in [3.63, 3.8) is 0 Å². The Morgan fingerprint density at radius 2 is 1.55 bits per heavy atom. The minimum absolute atomic E-state index is 0.00124. The van der Waals surface area contributed by atoms with E-state index < -0.39 is 0 Å². The molecule has 0 radical (unpaired) electrons.